The Labute approximate surface area is 311 Å². The maximum Gasteiger partial charge on any atom is 0.407 e. The minimum Gasteiger partial charge on any atom is -0.461 e. The molecule has 1 saturated carbocycles. The molecule has 2 fully saturated rings. The number of esters is 1. The molecule has 0 bridgehead atoms. The monoisotopic (exact) mass is 734 g/mol. The Hall–Kier alpha value is -4.45. The number of benzene rings is 2. The van der Waals surface area contributed by atoms with Gasteiger partial charge >= 0.3 is 12.1 Å². The van der Waals surface area contributed by atoms with E-state index < -0.39 is 36.4 Å². The third-order valence-electron chi connectivity index (χ3n) is 10.2. The smallest absolute Gasteiger partial charge is 0.407 e. The summed E-state index contributed by atoms with van der Waals surface area (Å²) in [5.41, 5.74) is 1.89. The first-order valence-corrected chi connectivity index (χ1v) is 19.1. The fraction of sp³-hybridized carbons (Fsp3) is 0.561. The van der Waals surface area contributed by atoms with Crippen LogP contribution in [-0.4, -0.2) is 84.5 Å². The van der Waals surface area contributed by atoms with Crippen LogP contribution >= 0.6 is 0 Å². The van der Waals surface area contributed by atoms with Crippen LogP contribution in [0.15, 0.2) is 54.6 Å². The molecule has 2 heterocycles. The number of hydrogen-bond acceptors (Lipinski definition) is 7. The molecular formula is C41H55FN4O7. The van der Waals surface area contributed by atoms with Crippen molar-refractivity contribution in [3.63, 3.8) is 0 Å². The molecule has 1 saturated heterocycles. The van der Waals surface area contributed by atoms with Crippen LogP contribution in [0, 0.1) is 11.8 Å². The van der Waals surface area contributed by atoms with E-state index in [0.717, 1.165) is 29.3 Å². The van der Waals surface area contributed by atoms with E-state index in [2.05, 4.69) is 22.5 Å². The Morgan fingerprint density at radius 2 is 1.68 bits per heavy atom. The Morgan fingerprint density at radius 3 is 2.38 bits per heavy atom. The lowest BCUT2D eigenvalue weighted by Crippen LogP contribution is -2.49. The van der Waals surface area contributed by atoms with Crippen LogP contribution in [0.3, 0.4) is 0 Å². The van der Waals surface area contributed by atoms with E-state index in [4.69, 9.17) is 14.2 Å². The number of H-pyrrole nitrogens is 1. The minimum atomic E-state index is -0.728. The molecule has 1 aliphatic carbocycles. The molecule has 5 rings (SSSR count). The molecule has 0 radical (unpaired) electrons. The highest BCUT2D eigenvalue weighted by Crippen LogP contribution is 2.39. The quantitative estimate of drug-likeness (QED) is 0.108. The van der Waals surface area contributed by atoms with E-state index >= 15 is 0 Å². The predicted octanol–water partition coefficient (Wildman–Crippen LogP) is 7.52. The van der Waals surface area contributed by atoms with Crippen molar-refractivity contribution in [1.82, 2.24) is 15.2 Å². The number of aromatic amines is 1. The summed E-state index contributed by atoms with van der Waals surface area (Å²) in [5, 5.41) is 6.48. The molecule has 1 aromatic heterocycles. The van der Waals surface area contributed by atoms with Crippen molar-refractivity contribution in [2.24, 2.45) is 11.8 Å². The maximum absolute atomic E-state index is 14.2. The number of anilines is 1. The van der Waals surface area contributed by atoms with E-state index in [0.29, 0.717) is 69.7 Å². The van der Waals surface area contributed by atoms with Gasteiger partial charge in [-0.3, -0.25) is 9.59 Å². The van der Waals surface area contributed by atoms with Gasteiger partial charge in [-0.25, -0.2) is 14.0 Å². The summed E-state index contributed by atoms with van der Waals surface area (Å²) in [6.07, 6.45) is 4.91. The average Bonchev–Trinajstić information content (AvgIpc) is 3.78. The Bertz CT molecular complexity index is 1680. The second-order valence-electron chi connectivity index (χ2n) is 15.2. The van der Waals surface area contributed by atoms with Gasteiger partial charge in [0.05, 0.1) is 12.6 Å². The number of unbranched alkanes of at least 4 members (excludes halogenated alkanes) is 1. The number of halogens is 1. The summed E-state index contributed by atoms with van der Waals surface area (Å²) in [6.45, 7) is 8.60. The van der Waals surface area contributed by atoms with Gasteiger partial charge < -0.3 is 34.7 Å². The van der Waals surface area contributed by atoms with Crippen molar-refractivity contribution in [2.45, 2.75) is 103 Å². The molecule has 3 N–H and O–H groups in total. The number of amides is 3. The Kier molecular flexibility index (Phi) is 13.9. The largest absolute Gasteiger partial charge is 0.461 e. The van der Waals surface area contributed by atoms with Crippen LogP contribution in [-0.2, 0) is 23.8 Å². The highest BCUT2D eigenvalue weighted by molar-refractivity contribution is 6.01. The van der Waals surface area contributed by atoms with Gasteiger partial charge in [-0.2, -0.15) is 0 Å². The van der Waals surface area contributed by atoms with Gasteiger partial charge in [-0.05, 0) is 95.0 Å². The number of carbonyl (C=O) groups is 4. The molecule has 53 heavy (non-hydrogen) atoms. The summed E-state index contributed by atoms with van der Waals surface area (Å²) >= 11 is 0. The number of rotatable bonds is 15. The minimum absolute atomic E-state index is 0.0734. The number of alkyl halides is 1. The van der Waals surface area contributed by atoms with Gasteiger partial charge in [-0.15, -0.1) is 0 Å². The average molecular weight is 735 g/mol. The summed E-state index contributed by atoms with van der Waals surface area (Å²) in [5.74, 6) is -1.43. The second kappa shape index (κ2) is 18.5. The van der Waals surface area contributed by atoms with Crippen molar-refractivity contribution in [1.29, 1.82) is 0 Å². The number of fused-ring (bicyclic) bond motifs is 1. The van der Waals surface area contributed by atoms with Crippen molar-refractivity contribution >= 4 is 40.5 Å². The van der Waals surface area contributed by atoms with Crippen LogP contribution in [0.25, 0.3) is 10.9 Å². The molecule has 2 aliphatic rings. The Balaban J connectivity index is 1.23. The van der Waals surface area contributed by atoms with Crippen LogP contribution < -0.4 is 10.6 Å². The lowest BCUT2D eigenvalue weighted by atomic mass is 9.78. The number of hydrogen-bond donors (Lipinski definition) is 3. The van der Waals surface area contributed by atoms with Crippen LogP contribution in [0.1, 0.15) is 101 Å². The highest BCUT2D eigenvalue weighted by Gasteiger charge is 2.45. The normalized spacial score (nSPS) is 20.9. The van der Waals surface area contributed by atoms with Crippen molar-refractivity contribution in [2.75, 3.05) is 38.4 Å². The van der Waals surface area contributed by atoms with Crippen molar-refractivity contribution in [3.8, 4) is 0 Å². The summed E-state index contributed by atoms with van der Waals surface area (Å²) in [4.78, 5) is 58.2. The zero-order valence-corrected chi connectivity index (χ0v) is 31.5. The predicted molar refractivity (Wildman–Crippen MR) is 201 cm³/mol. The van der Waals surface area contributed by atoms with Crippen molar-refractivity contribution in [3.05, 3.63) is 65.9 Å². The van der Waals surface area contributed by atoms with Gasteiger partial charge in [0.25, 0.3) is 0 Å². The molecule has 3 amide bonds. The first-order valence-electron chi connectivity index (χ1n) is 19.1. The number of alkyl carbamates (subject to hydrolysis) is 1. The number of aromatic nitrogens is 1. The summed E-state index contributed by atoms with van der Waals surface area (Å²) in [7, 11) is 0. The summed E-state index contributed by atoms with van der Waals surface area (Å²) < 4.78 is 30.3. The van der Waals surface area contributed by atoms with Gasteiger partial charge in [0.2, 0.25) is 11.8 Å². The number of nitrogens with one attached hydrogen (secondary N) is 3. The number of carbonyl (C=O) groups excluding carboxylic acids is 4. The SMILES string of the molecule is CCCCOCCCOC(=O)c1cc2cc(NC(=O)[C@@H]3[C@@H](c4ccccc4)CCN3C(=O)C3CCC([C@@H](CF)NC(=O)OC(C)(C)C)CC3)ccc2[nH]1. The van der Waals surface area contributed by atoms with Crippen LogP contribution in [0.5, 0.6) is 0 Å². The molecule has 3 aromatic rings. The van der Waals surface area contributed by atoms with E-state index in [9.17, 15) is 23.6 Å². The molecule has 1 aliphatic heterocycles. The van der Waals surface area contributed by atoms with Crippen molar-refractivity contribution < 1.29 is 37.8 Å². The van der Waals surface area contributed by atoms with Gasteiger partial charge in [0.15, 0.2) is 0 Å². The van der Waals surface area contributed by atoms with Gasteiger partial charge in [0.1, 0.15) is 24.0 Å². The number of nitrogens with zero attached hydrogens (tertiary/aromatic N) is 1. The lowest BCUT2D eigenvalue weighted by Gasteiger charge is -2.36. The summed E-state index contributed by atoms with van der Waals surface area (Å²) in [6, 6.07) is 15.4. The van der Waals surface area contributed by atoms with E-state index in [1.165, 1.54) is 0 Å². The molecule has 288 valence electrons. The molecule has 12 heteroatoms. The molecule has 0 spiro atoms. The third kappa shape index (κ3) is 10.8. The standard InChI is InChI=1S/C41H55FN4O7/c1-5-6-21-51-22-10-23-52-39(49)34-25-30-24-31(17-18-33(30)44-34)43-37(47)36-32(27-11-8-7-9-12-27)19-20-46(36)38(48)29-15-13-28(14-16-29)35(26-42)45-40(50)53-41(2,3)4/h7-9,11-12,17-18,24-25,28-29,32,35-36,44H,5-6,10,13-16,19-23,26H2,1-4H3,(H,43,47)(H,45,50)/t28?,29?,32-,35-,36+/m1/s1. The van der Waals surface area contributed by atoms with E-state index in [-0.39, 0.29) is 36.2 Å². The number of ether oxygens (including phenoxy) is 3. The molecule has 3 atom stereocenters. The molecule has 11 nitrogen and oxygen atoms in total. The zero-order chi connectivity index (χ0) is 38.0. The van der Waals surface area contributed by atoms with Crippen LogP contribution in [0.4, 0.5) is 14.9 Å². The highest BCUT2D eigenvalue weighted by atomic mass is 19.1. The van der Waals surface area contributed by atoms with Crippen LogP contribution in [0.2, 0.25) is 0 Å². The topological polar surface area (TPSA) is 139 Å². The lowest BCUT2D eigenvalue weighted by molar-refractivity contribution is -0.141. The Morgan fingerprint density at radius 1 is 0.943 bits per heavy atom. The first-order chi connectivity index (χ1) is 25.5. The third-order valence-corrected chi connectivity index (χ3v) is 10.2. The first kappa shape index (κ1) is 39.8. The molecule has 0 unspecified atom stereocenters. The second-order valence-corrected chi connectivity index (χ2v) is 15.2. The fourth-order valence-electron chi connectivity index (χ4n) is 7.45. The zero-order valence-electron chi connectivity index (χ0n) is 31.5. The van der Waals surface area contributed by atoms with Gasteiger partial charge in [-0.1, -0.05) is 43.7 Å². The molecule has 2 aromatic carbocycles. The van der Waals surface area contributed by atoms with Gasteiger partial charge in [0, 0.05) is 54.6 Å². The number of likely N-dealkylation sites (tertiary alicyclic amines) is 1. The molecular weight excluding hydrogens is 679 g/mol. The van der Waals surface area contributed by atoms with E-state index in [1.54, 1.807) is 49.9 Å². The fourth-order valence-corrected chi connectivity index (χ4v) is 7.45. The maximum atomic E-state index is 14.2. The van der Waals surface area contributed by atoms with E-state index in [1.807, 2.05) is 30.3 Å².